The molecule has 2 N–H and O–H groups in total. The Morgan fingerprint density at radius 2 is 2.03 bits per heavy atom. The monoisotopic (exact) mass is 417 g/mol. The van der Waals surface area contributed by atoms with E-state index >= 15 is 0 Å². The molecule has 1 unspecified atom stereocenters. The van der Waals surface area contributed by atoms with Crippen LogP contribution in [-0.4, -0.2) is 65.4 Å². The standard InChI is InChI=1S/C21H28FN5O3/c1-15(30-18-5-3-17(22)4-6-18)12-23-19-11-20(25-14-24-19)26(2)13-16-7-9-27(10-8-16)21(28)29/h3-6,11,14-16H,7-10,12-13H2,1-2H3,(H,28,29)(H,23,24,25). The first-order chi connectivity index (χ1) is 14.4. The number of hydrogen-bond acceptors (Lipinski definition) is 6. The molecule has 8 nitrogen and oxygen atoms in total. The van der Waals surface area contributed by atoms with Gasteiger partial charge in [-0.05, 0) is 49.9 Å². The molecule has 1 atom stereocenters. The number of hydrogen-bond donors (Lipinski definition) is 2. The van der Waals surface area contributed by atoms with Gasteiger partial charge >= 0.3 is 6.09 Å². The van der Waals surface area contributed by atoms with Crippen LogP contribution in [0.25, 0.3) is 0 Å². The van der Waals surface area contributed by atoms with Gasteiger partial charge in [0.2, 0.25) is 0 Å². The van der Waals surface area contributed by atoms with Crippen molar-refractivity contribution in [2.75, 3.05) is 43.4 Å². The number of ether oxygens (including phenoxy) is 1. The second-order valence-corrected chi connectivity index (χ2v) is 7.62. The first kappa shape index (κ1) is 21.6. The number of amides is 1. The number of anilines is 2. The Morgan fingerprint density at radius 1 is 1.33 bits per heavy atom. The zero-order chi connectivity index (χ0) is 21.5. The van der Waals surface area contributed by atoms with Crippen molar-refractivity contribution in [3.05, 3.63) is 42.5 Å². The van der Waals surface area contributed by atoms with Crippen molar-refractivity contribution in [3.8, 4) is 5.75 Å². The Balaban J connectivity index is 1.47. The minimum Gasteiger partial charge on any atom is -0.489 e. The van der Waals surface area contributed by atoms with Crippen molar-refractivity contribution in [3.63, 3.8) is 0 Å². The molecule has 1 aliphatic rings. The summed E-state index contributed by atoms with van der Waals surface area (Å²) in [4.78, 5) is 23.2. The van der Waals surface area contributed by atoms with Gasteiger partial charge in [0, 0.05) is 32.7 Å². The molecule has 162 valence electrons. The third kappa shape index (κ3) is 6.20. The number of nitrogens with one attached hydrogen (secondary N) is 1. The van der Waals surface area contributed by atoms with Crippen LogP contribution >= 0.6 is 0 Å². The van der Waals surface area contributed by atoms with Crippen molar-refractivity contribution >= 4 is 17.7 Å². The van der Waals surface area contributed by atoms with E-state index in [1.165, 1.54) is 23.4 Å². The first-order valence-corrected chi connectivity index (χ1v) is 10.1. The van der Waals surface area contributed by atoms with Gasteiger partial charge < -0.3 is 25.0 Å². The number of carboxylic acid groups (broad SMARTS) is 1. The van der Waals surface area contributed by atoms with Gasteiger partial charge in [-0.1, -0.05) is 0 Å². The smallest absolute Gasteiger partial charge is 0.407 e. The van der Waals surface area contributed by atoms with E-state index in [9.17, 15) is 9.18 Å². The van der Waals surface area contributed by atoms with Gasteiger partial charge in [-0.25, -0.2) is 19.2 Å². The van der Waals surface area contributed by atoms with Crippen LogP contribution in [0, 0.1) is 11.7 Å². The summed E-state index contributed by atoms with van der Waals surface area (Å²) in [5.41, 5.74) is 0. The van der Waals surface area contributed by atoms with Crippen LogP contribution in [0.2, 0.25) is 0 Å². The Hall–Kier alpha value is -3.10. The lowest BCUT2D eigenvalue weighted by atomic mass is 9.96. The Labute approximate surface area is 175 Å². The van der Waals surface area contributed by atoms with Crippen LogP contribution in [0.1, 0.15) is 19.8 Å². The molecule has 0 aliphatic carbocycles. The average Bonchev–Trinajstić information content (AvgIpc) is 2.74. The molecule has 0 saturated carbocycles. The molecule has 1 aromatic carbocycles. The fraction of sp³-hybridized carbons (Fsp3) is 0.476. The summed E-state index contributed by atoms with van der Waals surface area (Å²) in [7, 11) is 1.98. The van der Waals surface area contributed by atoms with E-state index in [4.69, 9.17) is 9.84 Å². The molecule has 3 rings (SSSR count). The molecule has 0 radical (unpaired) electrons. The number of benzene rings is 1. The van der Waals surface area contributed by atoms with Crippen LogP contribution in [0.15, 0.2) is 36.7 Å². The highest BCUT2D eigenvalue weighted by molar-refractivity contribution is 5.65. The number of rotatable bonds is 8. The fourth-order valence-corrected chi connectivity index (χ4v) is 3.48. The molecule has 1 fully saturated rings. The molecule has 1 amide bonds. The van der Waals surface area contributed by atoms with Crippen LogP contribution < -0.4 is 15.0 Å². The summed E-state index contributed by atoms with van der Waals surface area (Å²) < 4.78 is 18.7. The van der Waals surface area contributed by atoms with E-state index < -0.39 is 6.09 Å². The molecule has 0 spiro atoms. The minimum absolute atomic E-state index is 0.133. The zero-order valence-electron chi connectivity index (χ0n) is 17.3. The largest absolute Gasteiger partial charge is 0.489 e. The Kier molecular flexibility index (Phi) is 7.26. The number of halogens is 1. The van der Waals surface area contributed by atoms with Gasteiger partial charge in [-0.15, -0.1) is 0 Å². The molecular formula is C21H28FN5O3. The fourth-order valence-electron chi connectivity index (χ4n) is 3.48. The predicted molar refractivity (Wildman–Crippen MR) is 113 cm³/mol. The van der Waals surface area contributed by atoms with Crippen molar-refractivity contribution in [1.82, 2.24) is 14.9 Å². The lowest BCUT2D eigenvalue weighted by molar-refractivity contribution is 0.125. The van der Waals surface area contributed by atoms with Gasteiger partial charge in [0.25, 0.3) is 0 Å². The second kappa shape index (κ2) is 10.1. The molecule has 30 heavy (non-hydrogen) atoms. The van der Waals surface area contributed by atoms with E-state index in [-0.39, 0.29) is 11.9 Å². The van der Waals surface area contributed by atoms with Gasteiger partial charge in [0.1, 0.15) is 35.6 Å². The van der Waals surface area contributed by atoms with Crippen molar-refractivity contribution in [2.24, 2.45) is 5.92 Å². The van der Waals surface area contributed by atoms with Crippen molar-refractivity contribution in [1.29, 1.82) is 0 Å². The zero-order valence-corrected chi connectivity index (χ0v) is 17.3. The van der Waals surface area contributed by atoms with Crippen LogP contribution in [0.4, 0.5) is 20.8 Å². The minimum atomic E-state index is -0.842. The summed E-state index contributed by atoms with van der Waals surface area (Å²) >= 11 is 0. The van der Waals surface area contributed by atoms with E-state index in [0.29, 0.717) is 37.1 Å². The summed E-state index contributed by atoms with van der Waals surface area (Å²) in [5, 5.41) is 12.3. The highest BCUT2D eigenvalue weighted by atomic mass is 19.1. The predicted octanol–water partition coefficient (Wildman–Crippen LogP) is 3.32. The third-order valence-corrected chi connectivity index (χ3v) is 5.18. The van der Waals surface area contributed by atoms with Crippen molar-refractivity contribution < 1.29 is 19.0 Å². The van der Waals surface area contributed by atoms with E-state index in [1.54, 1.807) is 12.1 Å². The van der Waals surface area contributed by atoms with Gasteiger partial charge in [0.05, 0.1) is 6.54 Å². The molecule has 2 aromatic rings. The molecule has 2 heterocycles. The molecule has 1 saturated heterocycles. The lowest BCUT2D eigenvalue weighted by Crippen LogP contribution is -2.40. The molecule has 9 heteroatoms. The number of aromatic nitrogens is 2. The van der Waals surface area contributed by atoms with Gasteiger partial charge in [-0.3, -0.25) is 0 Å². The maximum absolute atomic E-state index is 13.0. The van der Waals surface area contributed by atoms with E-state index in [2.05, 4.69) is 20.2 Å². The number of nitrogens with zero attached hydrogens (tertiary/aromatic N) is 4. The summed E-state index contributed by atoms with van der Waals surface area (Å²) in [5.74, 6) is 2.25. The SMILES string of the molecule is CC(CNc1cc(N(C)CC2CCN(C(=O)O)CC2)ncn1)Oc1ccc(F)cc1. The second-order valence-electron chi connectivity index (χ2n) is 7.62. The average molecular weight is 417 g/mol. The van der Waals surface area contributed by atoms with Crippen molar-refractivity contribution in [2.45, 2.75) is 25.9 Å². The normalized spacial score (nSPS) is 15.5. The number of piperidine rings is 1. The summed E-state index contributed by atoms with van der Waals surface area (Å²) in [6.07, 6.45) is 2.25. The number of likely N-dealkylation sites (tertiary alicyclic amines) is 1. The summed E-state index contributed by atoms with van der Waals surface area (Å²) in [6.45, 7) is 4.43. The van der Waals surface area contributed by atoms with Crippen LogP contribution in [0.3, 0.4) is 0 Å². The third-order valence-electron chi connectivity index (χ3n) is 5.18. The highest BCUT2D eigenvalue weighted by Gasteiger charge is 2.23. The topological polar surface area (TPSA) is 90.8 Å². The van der Waals surface area contributed by atoms with Gasteiger partial charge in [0.15, 0.2) is 0 Å². The lowest BCUT2D eigenvalue weighted by Gasteiger charge is -2.32. The maximum Gasteiger partial charge on any atom is 0.407 e. The molecular weight excluding hydrogens is 389 g/mol. The molecule has 0 bridgehead atoms. The first-order valence-electron chi connectivity index (χ1n) is 10.1. The van der Waals surface area contributed by atoms with Crippen LogP contribution in [-0.2, 0) is 0 Å². The Bertz CT molecular complexity index is 828. The molecule has 1 aromatic heterocycles. The van der Waals surface area contributed by atoms with E-state index in [0.717, 1.165) is 25.2 Å². The van der Waals surface area contributed by atoms with Crippen LogP contribution in [0.5, 0.6) is 5.75 Å². The quantitative estimate of drug-likeness (QED) is 0.681. The number of carbonyl (C=O) groups is 1. The maximum atomic E-state index is 13.0. The van der Waals surface area contributed by atoms with Gasteiger partial charge in [-0.2, -0.15) is 0 Å². The highest BCUT2D eigenvalue weighted by Crippen LogP contribution is 2.21. The Morgan fingerprint density at radius 3 is 2.70 bits per heavy atom. The summed E-state index contributed by atoms with van der Waals surface area (Å²) in [6, 6.07) is 7.83. The molecule has 1 aliphatic heterocycles. The van der Waals surface area contributed by atoms with E-state index in [1.807, 2.05) is 20.0 Å².